The molecule has 3 aliphatic heterocycles. The molecule has 0 fully saturated rings. The van der Waals surface area contributed by atoms with E-state index in [0.29, 0.717) is 0 Å². The summed E-state index contributed by atoms with van der Waals surface area (Å²) in [5.74, 6) is 0. The van der Waals surface area contributed by atoms with Gasteiger partial charge in [-0.1, -0.05) is 165 Å². The van der Waals surface area contributed by atoms with Gasteiger partial charge in [0.05, 0.1) is 28.1 Å². The highest BCUT2D eigenvalue weighted by Crippen LogP contribution is 2.55. The standard InChI is InChI=1S/C75H75BN4O/c1-44-35-62-68-63(36-44)80-64-40-48(74(11,12)13)38-57-56-37-47(73(8,9)10)25-34-60(56)79(69(57)64)65-41-49(75(14,15)16)39-59(70(65)80)76(68)58-33-31-52(42-61(58)78(62)53-30-32-55-54-19-17-18-20-66(54)81-67(55)43-53)77(50-26-21-45(22-27-50)71(2,3)4)51-28-23-46(24-29-51)72(5,6)7/h17-43H,1-16H3. The highest BCUT2D eigenvalue weighted by Gasteiger charge is 2.47. The minimum atomic E-state index is -0.147. The Labute approximate surface area is 479 Å². The molecule has 6 heteroatoms. The van der Waals surface area contributed by atoms with Gasteiger partial charge in [0.2, 0.25) is 0 Å². The van der Waals surface area contributed by atoms with Gasteiger partial charge < -0.3 is 23.7 Å². The van der Waals surface area contributed by atoms with Gasteiger partial charge in [-0.2, -0.15) is 0 Å². The molecule has 0 unspecified atom stereocenters. The van der Waals surface area contributed by atoms with Gasteiger partial charge in [0.15, 0.2) is 0 Å². The monoisotopic (exact) mass is 1060 g/mol. The molecular formula is C75H75BN4O. The van der Waals surface area contributed by atoms with Gasteiger partial charge in [-0.05, 0) is 181 Å². The van der Waals surface area contributed by atoms with Gasteiger partial charge in [-0.25, -0.2) is 0 Å². The van der Waals surface area contributed by atoms with E-state index in [4.69, 9.17) is 4.42 Å². The zero-order chi connectivity index (χ0) is 56.8. The summed E-state index contributed by atoms with van der Waals surface area (Å²) in [5.41, 5.74) is 27.5. The molecule has 0 spiro atoms. The van der Waals surface area contributed by atoms with Crippen LogP contribution < -0.4 is 31.1 Å². The molecule has 0 saturated heterocycles. The summed E-state index contributed by atoms with van der Waals surface area (Å²) in [7, 11) is 0. The largest absolute Gasteiger partial charge is 0.456 e. The Bertz CT molecular complexity index is 4380. The number of furan rings is 1. The number of anilines is 9. The molecule has 3 aliphatic rings. The second kappa shape index (κ2) is 17.0. The minimum absolute atomic E-state index is 0.0130. The van der Waals surface area contributed by atoms with Gasteiger partial charge >= 0.3 is 0 Å². The van der Waals surface area contributed by atoms with Crippen LogP contribution in [0.1, 0.15) is 137 Å². The molecule has 0 radical (unpaired) electrons. The Balaban J connectivity index is 1.09. The third-order valence-electron chi connectivity index (χ3n) is 18.1. The number of aromatic nitrogens is 1. The first-order valence-electron chi connectivity index (χ1n) is 29.4. The summed E-state index contributed by atoms with van der Waals surface area (Å²) in [4.78, 5) is 7.71. The molecule has 9 aromatic carbocycles. The molecule has 0 amide bonds. The number of hydrogen-bond donors (Lipinski definition) is 0. The van der Waals surface area contributed by atoms with Crippen LogP contribution in [0.25, 0.3) is 49.4 Å². The van der Waals surface area contributed by atoms with Gasteiger partial charge in [0.1, 0.15) is 11.2 Å². The molecule has 0 saturated carbocycles. The van der Waals surface area contributed by atoms with E-state index in [2.05, 4.69) is 294 Å². The lowest BCUT2D eigenvalue weighted by molar-refractivity contribution is 0.590. The number of aryl methyl sites for hydroxylation is 1. The minimum Gasteiger partial charge on any atom is -0.456 e. The molecule has 81 heavy (non-hydrogen) atoms. The molecule has 11 aromatic rings. The highest BCUT2D eigenvalue weighted by molar-refractivity contribution is 7.00. The Morgan fingerprint density at radius 3 is 1.56 bits per heavy atom. The summed E-state index contributed by atoms with van der Waals surface area (Å²) in [6.07, 6.45) is 0. The average molecular weight is 1060 g/mol. The first-order chi connectivity index (χ1) is 38.2. The van der Waals surface area contributed by atoms with E-state index in [0.717, 1.165) is 50.4 Å². The van der Waals surface area contributed by atoms with E-state index < -0.39 is 0 Å². The SMILES string of the molecule is Cc1cc2c3c(c1)N1c4c(cc(C(C)(C)C)cc4-n4c5ccc(C(C)(C)C)cc5c5cc(C(C)(C)C)cc1c54)B3c1ccc(N(c3ccc(C(C)(C)C)cc3)c3ccc(C(C)(C)C)cc3)cc1N2c1ccc2c(c1)oc1ccccc12. The van der Waals surface area contributed by atoms with E-state index in [1.165, 1.54) is 100 Å². The van der Waals surface area contributed by atoms with Crippen LogP contribution in [0.5, 0.6) is 0 Å². The Hall–Kier alpha value is -7.96. The van der Waals surface area contributed by atoms with Crippen molar-refractivity contribution in [2.45, 2.75) is 138 Å². The van der Waals surface area contributed by atoms with Crippen molar-refractivity contribution < 1.29 is 4.42 Å². The quantitative estimate of drug-likeness (QED) is 0.164. The maximum absolute atomic E-state index is 6.76. The van der Waals surface area contributed by atoms with Crippen LogP contribution >= 0.6 is 0 Å². The van der Waals surface area contributed by atoms with Crippen molar-refractivity contribution in [3.8, 4) is 5.69 Å². The van der Waals surface area contributed by atoms with Crippen molar-refractivity contribution in [1.29, 1.82) is 0 Å². The van der Waals surface area contributed by atoms with Gasteiger partial charge in [0.25, 0.3) is 6.71 Å². The summed E-state index contributed by atoms with van der Waals surface area (Å²) in [5, 5.41) is 4.85. The first kappa shape index (κ1) is 51.2. The van der Waals surface area contributed by atoms with E-state index in [9.17, 15) is 0 Å². The number of para-hydroxylation sites is 1. The fourth-order valence-electron chi connectivity index (χ4n) is 13.5. The molecule has 14 rings (SSSR count). The van der Waals surface area contributed by atoms with Crippen LogP contribution in [0.15, 0.2) is 168 Å². The lowest BCUT2D eigenvalue weighted by Gasteiger charge is -2.47. The lowest BCUT2D eigenvalue weighted by Crippen LogP contribution is -2.62. The fraction of sp³-hybridized carbons (Fsp3) is 0.280. The Morgan fingerprint density at radius 1 is 0.383 bits per heavy atom. The predicted molar refractivity (Wildman–Crippen MR) is 349 cm³/mol. The van der Waals surface area contributed by atoms with Crippen LogP contribution in [0.4, 0.5) is 51.2 Å². The molecule has 2 aromatic heterocycles. The van der Waals surface area contributed by atoms with Crippen LogP contribution in [0.2, 0.25) is 0 Å². The van der Waals surface area contributed by atoms with Crippen molar-refractivity contribution in [3.05, 3.63) is 197 Å². The van der Waals surface area contributed by atoms with Crippen LogP contribution in [-0.2, 0) is 27.1 Å². The molecule has 5 nitrogen and oxygen atoms in total. The summed E-state index contributed by atoms with van der Waals surface area (Å²) >= 11 is 0. The topological polar surface area (TPSA) is 27.8 Å². The molecule has 0 N–H and O–H groups in total. The van der Waals surface area contributed by atoms with Crippen molar-refractivity contribution >= 4 is 118 Å². The van der Waals surface area contributed by atoms with Crippen molar-refractivity contribution in [2.24, 2.45) is 0 Å². The fourth-order valence-corrected chi connectivity index (χ4v) is 13.5. The second-order valence-corrected chi connectivity index (χ2v) is 28.9. The van der Waals surface area contributed by atoms with Crippen molar-refractivity contribution in [3.63, 3.8) is 0 Å². The normalized spacial score (nSPS) is 14.1. The number of rotatable bonds is 4. The lowest BCUT2D eigenvalue weighted by atomic mass is 9.33. The molecule has 0 bridgehead atoms. The number of fused-ring (bicyclic) bond motifs is 12. The average Bonchev–Trinajstić information content (AvgIpc) is 2.59. The van der Waals surface area contributed by atoms with Crippen molar-refractivity contribution in [1.82, 2.24) is 4.57 Å². The number of hydrogen-bond acceptors (Lipinski definition) is 4. The first-order valence-corrected chi connectivity index (χ1v) is 29.4. The van der Waals surface area contributed by atoms with E-state index in [1.54, 1.807) is 0 Å². The van der Waals surface area contributed by atoms with E-state index in [1.807, 2.05) is 0 Å². The zero-order valence-electron chi connectivity index (χ0n) is 50.4. The maximum Gasteiger partial charge on any atom is 0.252 e. The maximum atomic E-state index is 6.76. The molecule has 404 valence electrons. The summed E-state index contributed by atoms with van der Waals surface area (Å²) < 4.78 is 9.40. The van der Waals surface area contributed by atoms with Gasteiger partial charge in [0, 0.05) is 67.4 Å². The molecule has 0 aliphatic carbocycles. The molecular weight excluding hydrogens is 984 g/mol. The zero-order valence-corrected chi connectivity index (χ0v) is 50.4. The molecule has 5 heterocycles. The van der Waals surface area contributed by atoms with Crippen molar-refractivity contribution in [2.75, 3.05) is 14.7 Å². The van der Waals surface area contributed by atoms with E-state index in [-0.39, 0.29) is 33.8 Å². The van der Waals surface area contributed by atoms with Gasteiger partial charge in [-0.3, -0.25) is 0 Å². The third kappa shape index (κ3) is 7.86. The highest BCUT2D eigenvalue weighted by atomic mass is 16.3. The van der Waals surface area contributed by atoms with Crippen LogP contribution in [0, 0.1) is 6.92 Å². The number of benzene rings is 9. The number of nitrogens with zero attached hydrogens (tertiary/aromatic N) is 4. The van der Waals surface area contributed by atoms with Crippen LogP contribution in [-0.4, -0.2) is 11.3 Å². The summed E-state index contributed by atoms with van der Waals surface area (Å²) in [6, 6.07) is 63.5. The summed E-state index contributed by atoms with van der Waals surface area (Å²) in [6.45, 7) is 37.2. The third-order valence-corrected chi connectivity index (χ3v) is 18.1. The molecule has 0 atom stereocenters. The second-order valence-electron chi connectivity index (χ2n) is 28.9. The van der Waals surface area contributed by atoms with E-state index >= 15 is 0 Å². The predicted octanol–water partition coefficient (Wildman–Crippen LogP) is 19.3. The smallest absolute Gasteiger partial charge is 0.252 e. The van der Waals surface area contributed by atoms with Gasteiger partial charge in [-0.15, -0.1) is 0 Å². The van der Waals surface area contributed by atoms with Crippen LogP contribution in [0.3, 0.4) is 0 Å². The Morgan fingerprint density at radius 2 is 0.926 bits per heavy atom. The Kier molecular flexibility index (Phi) is 10.8.